The molecular formula is C17H30N4O. The van der Waals surface area contributed by atoms with E-state index in [0.29, 0.717) is 18.2 Å². The Hall–Kier alpha value is -1.36. The van der Waals surface area contributed by atoms with Gasteiger partial charge < -0.3 is 9.80 Å². The number of aryl methyl sites for hydroxylation is 2. The maximum absolute atomic E-state index is 12.2. The molecule has 1 aliphatic heterocycles. The van der Waals surface area contributed by atoms with Gasteiger partial charge in [-0.3, -0.25) is 9.48 Å². The van der Waals surface area contributed by atoms with Gasteiger partial charge in [-0.2, -0.15) is 5.10 Å². The van der Waals surface area contributed by atoms with E-state index in [2.05, 4.69) is 17.0 Å². The molecule has 1 aromatic rings. The molecule has 1 atom stereocenters. The quantitative estimate of drug-likeness (QED) is 0.773. The zero-order valence-electron chi connectivity index (χ0n) is 14.3. The second-order valence-electron chi connectivity index (χ2n) is 6.75. The molecule has 1 saturated heterocycles. The molecule has 1 unspecified atom stereocenters. The summed E-state index contributed by atoms with van der Waals surface area (Å²) in [5.74, 6) is 0.992. The number of piperidine rings is 1. The number of amides is 1. The third-order valence-electron chi connectivity index (χ3n) is 4.63. The average Bonchev–Trinajstić information content (AvgIpc) is 2.90. The molecule has 22 heavy (non-hydrogen) atoms. The third-order valence-corrected chi connectivity index (χ3v) is 4.63. The number of rotatable bonds is 7. The normalized spacial score (nSPS) is 19.3. The fourth-order valence-electron chi connectivity index (χ4n) is 3.27. The van der Waals surface area contributed by atoms with E-state index in [4.69, 9.17) is 0 Å². The standard InChI is InChI=1S/C17H30N4O/c1-19-10-4-6-15(13-19)8-9-17(22)20(2)11-5-7-16-12-18-21(3)14-16/h12,14-15H,4-11,13H2,1-3H3. The lowest BCUT2D eigenvalue weighted by atomic mass is 9.93. The van der Waals surface area contributed by atoms with Crippen LogP contribution in [0.5, 0.6) is 0 Å². The molecule has 0 radical (unpaired) electrons. The number of nitrogens with zero attached hydrogens (tertiary/aromatic N) is 4. The van der Waals surface area contributed by atoms with Crippen molar-refractivity contribution in [2.45, 2.75) is 38.5 Å². The van der Waals surface area contributed by atoms with Crippen LogP contribution in [0.2, 0.25) is 0 Å². The van der Waals surface area contributed by atoms with E-state index in [-0.39, 0.29) is 0 Å². The fourth-order valence-corrected chi connectivity index (χ4v) is 3.27. The Morgan fingerprint density at radius 3 is 2.95 bits per heavy atom. The first-order valence-electron chi connectivity index (χ1n) is 8.44. The monoisotopic (exact) mass is 306 g/mol. The highest BCUT2D eigenvalue weighted by molar-refractivity contribution is 5.75. The van der Waals surface area contributed by atoms with Crippen molar-refractivity contribution in [2.75, 3.05) is 33.7 Å². The van der Waals surface area contributed by atoms with Gasteiger partial charge in [-0.05, 0) is 57.2 Å². The van der Waals surface area contributed by atoms with Crippen LogP contribution >= 0.6 is 0 Å². The molecule has 5 heteroatoms. The number of aromatic nitrogens is 2. The maximum atomic E-state index is 12.2. The van der Waals surface area contributed by atoms with E-state index in [0.717, 1.165) is 32.4 Å². The summed E-state index contributed by atoms with van der Waals surface area (Å²) < 4.78 is 1.82. The Bertz CT molecular complexity index is 471. The van der Waals surface area contributed by atoms with Gasteiger partial charge in [0.1, 0.15) is 0 Å². The summed E-state index contributed by atoms with van der Waals surface area (Å²) >= 11 is 0. The van der Waals surface area contributed by atoms with Gasteiger partial charge >= 0.3 is 0 Å². The van der Waals surface area contributed by atoms with Crippen LogP contribution in [-0.2, 0) is 18.3 Å². The van der Waals surface area contributed by atoms with Gasteiger partial charge in [0.25, 0.3) is 0 Å². The van der Waals surface area contributed by atoms with Crippen molar-refractivity contribution in [1.29, 1.82) is 0 Å². The summed E-state index contributed by atoms with van der Waals surface area (Å²) in [7, 11) is 6.04. The molecule has 1 fully saturated rings. The first kappa shape index (κ1) is 17.0. The van der Waals surface area contributed by atoms with Crippen LogP contribution in [0.25, 0.3) is 0 Å². The summed E-state index contributed by atoms with van der Waals surface area (Å²) in [6.45, 7) is 3.19. The highest BCUT2D eigenvalue weighted by atomic mass is 16.2. The van der Waals surface area contributed by atoms with Gasteiger partial charge in [0.15, 0.2) is 0 Å². The Morgan fingerprint density at radius 1 is 1.45 bits per heavy atom. The summed E-state index contributed by atoms with van der Waals surface area (Å²) in [6.07, 6.45) is 10.2. The lowest BCUT2D eigenvalue weighted by molar-refractivity contribution is -0.130. The topological polar surface area (TPSA) is 41.4 Å². The minimum atomic E-state index is 0.291. The van der Waals surface area contributed by atoms with Gasteiger partial charge in [-0.1, -0.05) is 0 Å². The first-order chi connectivity index (χ1) is 10.5. The molecule has 0 spiro atoms. The van der Waals surface area contributed by atoms with Crippen LogP contribution in [0.1, 0.15) is 37.7 Å². The predicted octanol–water partition coefficient (Wildman–Crippen LogP) is 1.93. The van der Waals surface area contributed by atoms with Crippen LogP contribution in [0.15, 0.2) is 12.4 Å². The molecule has 1 aromatic heterocycles. The summed E-state index contributed by atoms with van der Waals surface area (Å²) in [4.78, 5) is 16.5. The van der Waals surface area contributed by atoms with Crippen molar-refractivity contribution >= 4 is 5.91 Å². The van der Waals surface area contributed by atoms with Crippen molar-refractivity contribution < 1.29 is 4.79 Å². The molecule has 0 aliphatic carbocycles. The molecule has 0 saturated carbocycles. The third kappa shape index (κ3) is 5.44. The van der Waals surface area contributed by atoms with Crippen molar-refractivity contribution in [1.82, 2.24) is 19.6 Å². The molecule has 0 N–H and O–H groups in total. The second kappa shape index (κ2) is 8.32. The fraction of sp³-hybridized carbons (Fsp3) is 0.765. The molecule has 0 aromatic carbocycles. The number of carbonyl (C=O) groups excluding carboxylic acids is 1. The van der Waals surface area contributed by atoms with Crippen molar-refractivity contribution in [2.24, 2.45) is 13.0 Å². The number of carbonyl (C=O) groups is 1. The number of hydrogen-bond donors (Lipinski definition) is 0. The van der Waals surface area contributed by atoms with Crippen molar-refractivity contribution in [3.63, 3.8) is 0 Å². The van der Waals surface area contributed by atoms with Crippen LogP contribution in [0.3, 0.4) is 0 Å². The van der Waals surface area contributed by atoms with Crippen LogP contribution < -0.4 is 0 Å². The van der Waals surface area contributed by atoms with E-state index in [1.54, 1.807) is 0 Å². The smallest absolute Gasteiger partial charge is 0.222 e. The molecule has 1 aliphatic rings. The molecule has 2 heterocycles. The van der Waals surface area contributed by atoms with E-state index >= 15 is 0 Å². The van der Waals surface area contributed by atoms with E-state index in [9.17, 15) is 4.79 Å². The highest BCUT2D eigenvalue weighted by Gasteiger charge is 2.19. The summed E-state index contributed by atoms with van der Waals surface area (Å²) in [5.41, 5.74) is 1.24. The van der Waals surface area contributed by atoms with E-state index < -0.39 is 0 Å². The number of hydrogen-bond acceptors (Lipinski definition) is 3. The van der Waals surface area contributed by atoms with Crippen LogP contribution in [-0.4, -0.2) is 59.2 Å². The van der Waals surface area contributed by atoms with Gasteiger partial charge in [-0.15, -0.1) is 0 Å². The summed E-state index contributed by atoms with van der Waals surface area (Å²) in [5, 5.41) is 4.17. The second-order valence-corrected chi connectivity index (χ2v) is 6.75. The zero-order valence-corrected chi connectivity index (χ0v) is 14.3. The van der Waals surface area contributed by atoms with Crippen molar-refractivity contribution in [3.05, 3.63) is 18.0 Å². The predicted molar refractivity (Wildman–Crippen MR) is 88.6 cm³/mol. The van der Waals surface area contributed by atoms with Gasteiger partial charge in [0, 0.05) is 39.8 Å². The Kier molecular flexibility index (Phi) is 6.43. The van der Waals surface area contributed by atoms with Crippen molar-refractivity contribution in [3.8, 4) is 0 Å². The largest absolute Gasteiger partial charge is 0.346 e. The van der Waals surface area contributed by atoms with Gasteiger partial charge in [0.2, 0.25) is 5.91 Å². The first-order valence-corrected chi connectivity index (χ1v) is 8.44. The van der Waals surface area contributed by atoms with Crippen LogP contribution in [0, 0.1) is 5.92 Å². The molecule has 1 amide bonds. The van der Waals surface area contributed by atoms with E-state index in [1.165, 1.54) is 24.9 Å². The molecule has 5 nitrogen and oxygen atoms in total. The minimum Gasteiger partial charge on any atom is -0.346 e. The Morgan fingerprint density at radius 2 is 2.27 bits per heavy atom. The molecule has 0 bridgehead atoms. The maximum Gasteiger partial charge on any atom is 0.222 e. The lowest BCUT2D eigenvalue weighted by Gasteiger charge is -2.29. The number of likely N-dealkylation sites (tertiary alicyclic amines) is 1. The Labute approximate surface area is 134 Å². The van der Waals surface area contributed by atoms with Gasteiger partial charge in [-0.25, -0.2) is 0 Å². The average molecular weight is 306 g/mol. The van der Waals surface area contributed by atoms with Crippen LogP contribution in [0.4, 0.5) is 0 Å². The highest BCUT2D eigenvalue weighted by Crippen LogP contribution is 2.20. The van der Waals surface area contributed by atoms with E-state index in [1.807, 2.05) is 36.1 Å². The van der Waals surface area contributed by atoms with Gasteiger partial charge in [0.05, 0.1) is 6.20 Å². The molecule has 2 rings (SSSR count). The summed E-state index contributed by atoms with van der Waals surface area (Å²) in [6, 6.07) is 0. The SMILES string of the molecule is CN1CCCC(CCC(=O)N(C)CCCc2cnn(C)c2)C1. The lowest BCUT2D eigenvalue weighted by Crippen LogP contribution is -2.33. The molecular weight excluding hydrogens is 276 g/mol. The molecule has 124 valence electrons. The zero-order chi connectivity index (χ0) is 15.9. The Balaban J connectivity index is 1.62. The minimum absolute atomic E-state index is 0.291.